The zero-order valence-corrected chi connectivity index (χ0v) is 11.4. The van der Waals surface area contributed by atoms with Crippen LogP contribution in [0.2, 0.25) is 0 Å². The summed E-state index contributed by atoms with van der Waals surface area (Å²) < 4.78 is 5.40. The lowest BCUT2D eigenvalue weighted by atomic mass is 9.79. The number of nitrogens with two attached hydrogens (primary N) is 1. The quantitative estimate of drug-likeness (QED) is 0.847. The fourth-order valence-electron chi connectivity index (χ4n) is 2.76. The van der Waals surface area contributed by atoms with Gasteiger partial charge in [-0.3, -0.25) is 10.1 Å². The molecule has 0 aromatic heterocycles. The van der Waals surface area contributed by atoms with E-state index >= 15 is 0 Å². The van der Waals surface area contributed by atoms with Crippen molar-refractivity contribution in [2.75, 3.05) is 7.11 Å². The number of rotatable bonds is 5. The Kier molecular flexibility index (Phi) is 4.56. The third-order valence-electron chi connectivity index (χ3n) is 3.98. The number of carbonyl (C=O) groups excluding carboxylic acids is 1. The molecule has 2 rings (SSSR count). The van der Waals surface area contributed by atoms with Crippen molar-refractivity contribution < 1.29 is 9.53 Å². The number of ether oxygens (including phenoxy) is 1. The van der Waals surface area contributed by atoms with Gasteiger partial charge < -0.3 is 10.5 Å². The van der Waals surface area contributed by atoms with E-state index in [0.717, 1.165) is 24.8 Å². The van der Waals surface area contributed by atoms with Crippen LogP contribution in [0, 0.1) is 0 Å². The van der Waals surface area contributed by atoms with Crippen LogP contribution in [-0.4, -0.2) is 24.7 Å². The monoisotopic (exact) mass is 262 g/mol. The molecule has 1 fully saturated rings. The van der Waals surface area contributed by atoms with Gasteiger partial charge in [0.15, 0.2) is 0 Å². The summed E-state index contributed by atoms with van der Waals surface area (Å²) >= 11 is 0. The van der Waals surface area contributed by atoms with Crippen molar-refractivity contribution in [2.45, 2.75) is 43.9 Å². The van der Waals surface area contributed by atoms with E-state index in [0.29, 0.717) is 13.0 Å². The molecule has 4 heteroatoms. The van der Waals surface area contributed by atoms with E-state index in [-0.39, 0.29) is 12.0 Å². The van der Waals surface area contributed by atoms with Crippen LogP contribution in [0.15, 0.2) is 30.3 Å². The number of methoxy groups -OCH3 is 1. The Balaban J connectivity index is 2.05. The second-order valence-corrected chi connectivity index (χ2v) is 5.24. The van der Waals surface area contributed by atoms with Gasteiger partial charge in [-0.1, -0.05) is 30.3 Å². The van der Waals surface area contributed by atoms with Crippen LogP contribution in [0.25, 0.3) is 0 Å². The Bertz CT molecular complexity index is 421. The summed E-state index contributed by atoms with van der Waals surface area (Å²) in [5, 5.41) is 3.36. The van der Waals surface area contributed by atoms with Gasteiger partial charge in [-0.15, -0.1) is 0 Å². The molecule has 1 aliphatic rings. The molecule has 0 heterocycles. The van der Waals surface area contributed by atoms with Crippen LogP contribution in [-0.2, 0) is 16.1 Å². The van der Waals surface area contributed by atoms with Crippen LogP contribution >= 0.6 is 0 Å². The first-order chi connectivity index (χ1) is 9.16. The number of carbonyl (C=O) groups is 1. The molecule has 1 saturated carbocycles. The summed E-state index contributed by atoms with van der Waals surface area (Å²) in [6, 6.07) is 10.0. The van der Waals surface area contributed by atoms with E-state index < -0.39 is 5.54 Å². The maximum absolute atomic E-state index is 11.9. The van der Waals surface area contributed by atoms with Crippen molar-refractivity contribution in [3.05, 3.63) is 35.9 Å². The lowest BCUT2D eigenvalue weighted by molar-refractivity contribution is -0.128. The molecule has 0 aliphatic heterocycles. The number of hydrogen-bond donors (Lipinski definition) is 2. The standard InChI is InChI=1S/C15H22N2O2/c1-19-13-8-5-9-15(10-13,14(16)18)17-11-12-6-3-2-4-7-12/h2-4,6-7,13,17H,5,8-11H2,1H3,(H2,16,18). The fraction of sp³-hybridized carbons (Fsp3) is 0.533. The fourth-order valence-corrected chi connectivity index (χ4v) is 2.76. The SMILES string of the molecule is COC1CCCC(NCc2ccccc2)(C(N)=O)C1. The molecule has 1 aliphatic carbocycles. The number of benzene rings is 1. The predicted molar refractivity (Wildman–Crippen MR) is 74.5 cm³/mol. The molecule has 2 unspecified atom stereocenters. The van der Waals surface area contributed by atoms with E-state index in [1.807, 2.05) is 30.3 Å². The summed E-state index contributed by atoms with van der Waals surface area (Å²) in [7, 11) is 1.69. The molecule has 0 bridgehead atoms. The van der Waals surface area contributed by atoms with Gasteiger partial charge in [-0.25, -0.2) is 0 Å². The van der Waals surface area contributed by atoms with Gasteiger partial charge in [0.25, 0.3) is 0 Å². The van der Waals surface area contributed by atoms with Gasteiger partial charge in [-0.2, -0.15) is 0 Å². The maximum Gasteiger partial charge on any atom is 0.237 e. The van der Waals surface area contributed by atoms with Gasteiger partial charge in [0.05, 0.1) is 6.10 Å². The third kappa shape index (κ3) is 3.33. The highest BCUT2D eigenvalue weighted by Gasteiger charge is 2.41. The summed E-state index contributed by atoms with van der Waals surface area (Å²) in [4.78, 5) is 11.9. The number of hydrogen-bond acceptors (Lipinski definition) is 3. The minimum Gasteiger partial charge on any atom is -0.381 e. The highest BCUT2D eigenvalue weighted by atomic mass is 16.5. The highest BCUT2D eigenvalue weighted by molar-refractivity contribution is 5.84. The van der Waals surface area contributed by atoms with Crippen LogP contribution in [0.1, 0.15) is 31.2 Å². The van der Waals surface area contributed by atoms with Crippen molar-refractivity contribution in [2.24, 2.45) is 5.73 Å². The molecule has 0 spiro atoms. The molecule has 1 aromatic carbocycles. The Hall–Kier alpha value is -1.39. The van der Waals surface area contributed by atoms with Gasteiger partial charge in [0.1, 0.15) is 5.54 Å². The first kappa shape index (κ1) is 14.0. The van der Waals surface area contributed by atoms with Crippen molar-refractivity contribution in [1.29, 1.82) is 0 Å². The van der Waals surface area contributed by atoms with Crippen molar-refractivity contribution in [3.63, 3.8) is 0 Å². The van der Waals surface area contributed by atoms with E-state index in [9.17, 15) is 4.79 Å². The predicted octanol–water partition coefficient (Wildman–Crippen LogP) is 1.59. The van der Waals surface area contributed by atoms with E-state index in [4.69, 9.17) is 10.5 Å². The van der Waals surface area contributed by atoms with Gasteiger partial charge in [0, 0.05) is 20.1 Å². The van der Waals surface area contributed by atoms with Gasteiger partial charge >= 0.3 is 0 Å². The van der Waals surface area contributed by atoms with Crippen molar-refractivity contribution in [1.82, 2.24) is 5.32 Å². The molecule has 104 valence electrons. The summed E-state index contributed by atoms with van der Waals surface area (Å²) in [5.74, 6) is -0.273. The van der Waals surface area contributed by atoms with Crippen LogP contribution in [0.3, 0.4) is 0 Å². The third-order valence-corrected chi connectivity index (χ3v) is 3.98. The van der Waals surface area contributed by atoms with Gasteiger partial charge in [0.2, 0.25) is 5.91 Å². The Morgan fingerprint density at radius 1 is 1.47 bits per heavy atom. The van der Waals surface area contributed by atoms with Crippen LogP contribution in [0.5, 0.6) is 0 Å². The lowest BCUT2D eigenvalue weighted by Crippen LogP contribution is -2.58. The Morgan fingerprint density at radius 2 is 2.21 bits per heavy atom. The number of primary amides is 1. The smallest absolute Gasteiger partial charge is 0.237 e. The lowest BCUT2D eigenvalue weighted by Gasteiger charge is -2.38. The zero-order valence-electron chi connectivity index (χ0n) is 11.4. The van der Waals surface area contributed by atoms with Crippen LogP contribution in [0.4, 0.5) is 0 Å². The van der Waals surface area contributed by atoms with Gasteiger partial charge in [-0.05, 0) is 24.8 Å². The largest absolute Gasteiger partial charge is 0.381 e. The highest BCUT2D eigenvalue weighted by Crippen LogP contribution is 2.30. The summed E-state index contributed by atoms with van der Waals surface area (Å²) in [5.41, 5.74) is 6.15. The summed E-state index contributed by atoms with van der Waals surface area (Å²) in [6.45, 7) is 0.653. The molecule has 1 aromatic rings. The van der Waals surface area contributed by atoms with Crippen LogP contribution < -0.4 is 11.1 Å². The van der Waals surface area contributed by atoms with Crippen molar-refractivity contribution >= 4 is 5.91 Å². The minimum absolute atomic E-state index is 0.115. The second kappa shape index (κ2) is 6.17. The normalized spacial score (nSPS) is 27.1. The first-order valence-corrected chi connectivity index (χ1v) is 6.78. The first-order valence-electron chi connectivity index (χ1n) is 6.78. The maximum atomic E-state index is 11.9. The zero-order chi connectivity index (χ0) is 13.7. The average Bonchev–Trinajstić information content (AvgIpc) is 2.46. The molecular weight excluding hydrogens is 240 g/mol. The second-order valence-electron chi connectivity index (χ2n) is 5.24. The molecule has 19 heavy (non-hydrogen) atoms. The van der Waals surface area contributed by atoms with Crippen molar-refractivity contribution in [3.8, 4) is 0 Å². The molecule has 0 radical (unpaired) electrons. The Morgan fingerprint density at radius 3 is 2.84 bits per heavy atom. The summed E-state index contributed by atoms with van der Waals surface area (Å²) in [6.07, 6.45) is 3.52. The number of nitrogens with one attached hydrogen (secondary N) is 1. The molecule has 3 N–H and O–H groups in total. The molecule has 4 nitrogen and oxygen atoms in total. The average molecular weight is 262 g/mol. The topological polar surface area (TPSA) is 64.3 Å². The van der Waals surface area contributed by atoms with E-state index in [1.54, 1.807) is 7.11 Å². The Labute approximate surface area is 114 Å². The molecule has 1 amide bonds. The molecular formula is C15H22N2O2. The van der Waals surface area contributed by atoms with E-state index in [2.05, 4.69) is 5.32 Å². The van der Waals surface area contributed by atoms with E-state index in [1.165, 1.54) is 0 Å². The molecule has 0 saturated heterocycles. The molecule has 2 atom stereocenters. The number of amides is 1. The minimum atomic E-state index is -0.630.